The second-order valence-corrected chi connectivity index (χ2v) is 8.32. The highest BCUT2D eigenvalue weighted by Gasteiger charge is 2.31. The summed E-state index contributed by atoms with van der Waals surface area (Å²) < 4.78 is 6.80. The molecular formula is C23H19BrN6O3. The number of hydrogen-bond acceptors (Lipinski definition) is 8. The number of nitrogens with zero attached hydrogens (tertiary/aromatic N) is 6. The van der Waals surface area contributed by atoms with Crippen molar-refractivity contribution in [2.24, 2.45) is 0 Å². The Morgan fingerprint density at radius 2 is 1.67 bits per heavy atom. The second kappa shape index (κ2) is 8.99. The minimum absolute atomic E-state index is 0.107. The van der Waals surface area contributed by atoms with Crippen molar-refractivity contribution in [2.45, 2.75) is 0 Å². The number of anilines is 2. The van der Waals surface area contributed by atoms with E-state index in [-0.39, 0.29) is 17.4 Å². The molecule has 9 nitrogen and oxygen atoms in total. The number of nitro groups is 1. The molecule has 2 aromatic heterocycles. The molecule has 0 amide bonds. The van der Waals surface area contributed by atoms with Gasteiger partial charge in [0, 0.05) is 47.9 Å². The number of para-hydroxylation sites is 1. The van der Waals surface area contributed by atoms with Gasteiger partial charge in [0.2, 0.25) is 5.82 Å². The third kappa shape index (κ3) is 4.17. The molecular weight excluding hydrogens is 488 g/mol. The van der Waals surface area contributed by atoms with Crippen LogP contribution in [0.2, 0.25) is 0 Å². The molecule has 10 heteroatoms. The highest BCUT2D eigenvalue weighted by Crippen LogP contribution is 2.39. The van der Waals surface area contributed by atoms with Crippen molar-refractivity contribution in [1.82, 2.24) is 15.0 Å². The Balaban J connectivity index is 1.45. The van der Waals surface area contributed by atoms with Crippen molar-refractivity contribution in [3.05, 3.63) is 81.7 Å². The smallest absolute Gasteiger partial charge is 0.373 e. The maximum absolute atomic E-state index is 12.1. The molecule has 2 aromatic carbocycles. The molecule has 0 atom stereocenters. The maximum Gasteiger partial charge on any atom is 0.373 e. The van der Waals surface area contributed by atoms with E-state index in [0.29, 0.717) is 24.4 Å². The second-order valence-electron chi connectivity index (χ2n) is 7.46. The fourth-order valence-corrected chi connectivity index (χ4v) is 4.39. The van der Waals surface area contributed by atoms with Crippen LogP contribution in [0.1, 0.15) is 0 Å². The molecule has 0 unspecified atom stereocenters. The van der Waals surface area contributed by atoms with E-state index in [1.807, 2.05) is 41.3 Å². The fraction of sp³-hybridized carbons (Fsp3) is 0.174. The molecule has 166 valence electrons. The van der Waals surface area contributed by atoms with Gasteiger partial charge in [-0.05, 0) is 30.3 Å². The Hall–Kier alpha value is -3.79. The number of piperazine rings is 1. The van der Waals surface area contributed by atoms with Gasteiger partial charge in [-0.2, -0.15) is 4.98 Å². The average Bonchev–Trinajstić information content (AvgIpc) is 2.86. The van der Waals surface area contributed by atoms with E-state index in [1.165, 1.54) is 6.33 Å². The summed E-state index contributed by atoms with van der Waals surface area (Å²) >= 11 is 3.50. The molecule has 0 N–H and O–H groups in total. The predicted octanol–water partition coefficient (Wildman–Crippen LogP) is 4.81. The molecule has 0 aliphatic carbocycles. The topological polar surface area (TPSA) is 97.5 Å². The first-order chi connectivity index (χ1) is 16.1. The van der Waals surface area contributed by atoms with E-state index < -0.39 is 4.92 Å². The van der Waals surface area contributed by atoms with E-state index in [2.05, 4.69) is 47.9 Å². The first-order valence-electron chi connectivity index (χ1n) is 10.4. The molecule has 0 saturated carbocycles. The Morgan fingerprint density at radius 3 is 2.42 bits per heavy atom. The standard InChI is InChI=1S/C23H19BrN6O3/c24-18-8-9-19(20-17(18)7-4-10-25-20)33-23-21(30(31)32)22(26-15-27-23)29-13-11-28(12-14-29)16-5-2-1-3-6-16/h1-10,15H,11-14H2. The number of rotatable bonds is 5. The van der Waals surface area contributed by atoms with Crippen molar-refractivity contribution in [2.75, 3.05) is 36.0 Å². The lowest BCUT2D eigenvalue weighted by molar-refractivity contribution is -0.385. The van der Waals surface area contributed by atoms with Gasteiger partial charge >= 0.3 is 11.6 Å². The Kier molecular flexibility index (Phi) is 5.74. The van der Waals surface area contributed by atoms with Crippen LogP contribution in [0.4, 0.5) is 17.2 Å². The first kappa shape index (κ1) is 21.1. The van der Waals surface area contributed by atoms with Crippen molar-refractivity contribution >= 4 is 44.0 Å². The minimum atomic E-state index is -0.483. The number of ether oxygens (including phenoxy) is 1. The third-order valence-corrected chi connectivity index (χ3v) is 6.23. The van der Waals surface area contributed by atoms with Crippen molar-refractivity contribution in [3.63, 3.8) is 0 Å². The lowest BCUT2D eigenvalue weighted by Gasteiger charge is -2.36. The molecule has 1 saturated heterocycles. The highest BCUT2D eigenvalue weighted by atomic mass is 79.9. The van der Waals surface area contributed by atoms with Gasteiger partial charge in [0.15, 0.2) is 5.75 Å². The zero-order valence-corrected chi connectivity index (χ0v) is 19.1. The van der Waals surface area contributed by atoms with Gasteiger partial charge in [0.1, 0.15) is 11.8 Å². The summed E-state index contributed by atoms with van der Waals surface area (Å²) in [6.45, 7) is 2.63. The summed E-state index contributed by atoms with van der Waals surface area (Å²) in [5.41, 5.74) is 1.46. The quantitative estimate of drug-likeness (QED) is 0.280. The van der Waals surface area contributed by atoms with Gasteiger partial charge in [-0.3, -0.25) is 15.1 Å². The Morgan fingerprint density at radius 1 is 0.909 bits per heavy atom. The highest BCUT2D eigenvalue weighted by molar-refractivity contribution is 9.10. The summed E-state index contributed by atoms with van der Waals surface area (Å²) in [4.78, 5) is 28.5. The summed E-state index contributed by atoms with van der Waals surface area (Å²) in [7, 11) is 0. The van der Waals surface area contributed by atoms with E-state index in [1.54, 1.807) is 12.3 Å². The van der Waals surface area contributed by atoms with E-state index in [4.69, 9.17) is 4.74 Å². The molecule has 3 heterocycles. The molecule has 0 radical (unpaired) electrons. The predicted molar refractivity (Wildman–Crippen MR) is 129 cm³/mol. The van der Waals surface area contributed by atoms with Crippen LogP contribution < -0.4 is 14.5 Å². The van der Waals surface area contributed by atoms with Gasteiger partial charge in [-0.25, -0.2) is 4.98 Å². The monoisotopic (exact) mass is 506 g/mol. The van der Waals surface area contributed by atoms with Crippen LogP contribution in [0.25, 0.3) is 10.9 Å². The van der Waals surface area contributed by atoms with Gasteiger partial charge < -0.3 is 14.5 Å². The Labute approximate surface area is 197 Å². The number of pyridine rings is 1. The van der Waals surface area contributed by atoms with Crippen LogP contribution in [-0.4, -0.2) is 46.1 Å². The van der Waals surface area contributed by atoms with Gasteiger partial charge in [0.05, 0.1) is 4.92 Å². The minimum Gasteiger partial charge on any atom is -0.431 e. The van der Waals surface area contributed by atoms with Gasteiger partial charge in [-0.15, -0.1) is 0 Å². The molecule has 5 rings (SSSR count). The van der Waals surface area contributed by atoms with E-state index in [0.717, 1.165) is 28.6 Å². The van der Waals surface area contributed by atoms with Gasteiger partial charge in [0.25, 0.3) is 0 Å². The molecule has 1 aliphatic rings. The van der Waals surface area contributed by atoms with Crippen LogP contribution in [0.5, 0.6) is 11.6 Å². The lowest BCUT2D eigenvalue weighted by Crippen LogP contribution is -2.47. The summed E-state index contributed by atoms with van der Waals surface area (Å²) in [6.07, 6.45) is 2.95. The summed E-state index contributed by atoms with van der Waals surface area (Å²) in [5.74, 6) is 0.535. The van der Waals surface area contributed by atoms with Crippen molar-refractivity contribution in [1.29, 1.82) is 0 Å². The normalized spacial score (nSPS) is 13.8. The van der Waals surface area contributed by atoms with Crippen molar-refractivity contribution < 1.29 is 9.66 Å². The molecule has 0 bridgehead atoms. The van der Waals surface area contributed by atoms with Gasteiger partial charge in [-0.1, -0.05) is 40.2 Å². The SMILES string of the molecule is O=[N+]([O-])c1c(Oc2ccc(Br)c3cccnc23)ncnc1N1CCN(c2ccccc2)CC1. The molecule has 1 fully saturated rings. The number of aromatic nitrogens is 3. The van der Waals surface area contributed by atoms with Crippen LogP contribution in [0.15, 0.2) is 71.6 Å². The number of benzene rings is 2. The van der Waals surface area contributed by atoms with Crippen molar-refractivity contribution in [3.8, 4) is 11.6 Å². The molecule has 33 heavy (non-hydrogen) atoms. The molecule has 0 spiro atoms. The molecule has 1 aliphatic heterocycles. The van der Waals surface area contributed by atoms with Crippen LogP contribution in [-0.2, 0) is 0 Å². The number of fused-ring (bicyclic) bond motifs is 1. The van der Waals surface area contributed by atoms with E-state index in [9.17, 15) is 10.1 Å². The largest absolute Gasteiger partial charge is 0.431 e. The summed E-state index contributed by atoms with van der Waals surface area (Å²) in [6, 6.07) is 17.3. The van der Waals surface area contributed by atoms with Crippen LogP contribution in [0, 0.1) is 10.1 Å². The summed E-state index contributed by atoms with van der Waals surface area (Å²) in [5, 5.41) is 12.9. The zero-order chi connectivity index (χ0) is 22.8. The fourth-order valence-electron chi connectivity index (χ4n) is 3.93. The third-order valence-electron chi connectivity index (χ3n) is 5.54. The lowest BCUT2D eigenvalue weighted by atomic mass is 10.2. The molecule has 4 aromatic rings. The zero-order valence-electron chi connectivity index (χ0n) is 17.5. The Bertz CT molecular complexity index is 1310. The van der Waals surface area contributed by atoms with E-state index >= 15 is 0 Å². The van der Waals surface area contributed by atoms with Crippen LogP contribution >= 0.6 is 15.9 Å². The number of halogens is 1. The average molecular weight is 507 g/mol. The van der Waals surface area contributed by atoms with Crippen LogP contribution in [0.3, 0.4) is 0 Å². The first-order valence-corrected chi connectivity index (χ1v) is 11.2. The maximum atomic E-state index is 12.1. The number of hydrogen-bond donors (Lipinski definition) is 0.